The monoisotopic (exact) mass is 647 g/mol. The summed E-state index contributed by atoms with van der Waals surface area (Å²) in [4.78, 5) is 29.8. The third-order valence-corrected chi connectivity index (χ3v) is 9.00. The molecule has 10 heteroatoms. The molecule has 0 saturated heterocycles. The summed E-state index contributed by atoms with van der Waals surface area (Å²) >= 11 is 6.30. The van der Waals surface area contributed by atoms with E-state index in [0.717, 1.165) is 9.87 Å². The van der Waals surface area contributed by atoms with Crippen LogP contribution in [-0.2, 0) is 32.6 Å². The molecule has 0 aliphatic carbocycles. The third-order valence-electron chi connectivity index (χ3n) is 6.99. The summed E-state index contributed by atoms with van der Waals surface area (Å²) in [6.07, 6.45) is 0.215. The van der Waals surface area contributed by atoms with E-state index in [1.165, 1.54) is 17.0 Å². The Balaban J connectivity index is 1.83. The van der Waals surface area contributed by atoms with Crippen LogP contribution in [0.2, 0.25) is 5.02 Å². The van der Waals surface area contributed by atoms with Crippen molar-refractivity contribution in [3.63, 3.8) is 0 Å². The normalized spacial score (nSPS) is 11.9. The van der Waals surface area contributed by atoms with Crippen LogP contribution in [0.5, 0.6) is 5.75 Å². The van der Waals surface area contributed by atoms with Gasteiger partial charge in [0.05, 0.1) is 17.2 Å². The Labute approximate surface area is 270 Å². The van der Waals surface area contributed by atoms with Crippen LogP contribution in [-0.4, -0.2) is 50.4 Å². The van der Waals surface area contributed by atoms with Crippen molar-refractivity contribution in [3.05, 3.63) is 125 Å². The number of nitrogens with one attached hydrogen (secondary N) is 1. The van der Waals surface area contributed by atoms with Gasteiger partial charge < -0.3 is 15.0 Å². The number of para-hydroxylation sites is 2. The molecule has 1 N–H and O–H groups in total. The van der Waals surface area contributed by atoms with Gasteiger partial charge in [-0.2, -0.15) is 0 Å². The average molecular weight is 648 g/mol. The van der Waals surface area contributed by atoms with Crippen LogP contribution < -0.4 is 14.4 Å². The smallest absolute Gasteiger partial charge is 0.264 e. The number of ether oxygens (including phenoxy) is 1. The molecule has 0 aliphatic heterocycles. The predicted octanol–water partition coefficient (Wildman–Crippen LogP) is 6.10. The minimum absolute atomic E-state index is 0.0175. The van der Waals surface area contributed by atoms with Gasteiger partial charge >= 0.3 is 0 Å². The van der Waals surface area contributed by atoms with Crippen LogP contribution in [0.3, 0.4) is 0 Å². The Morgan fingerprint density at radius 1 is 0.844 bits per heavy atom. The first-order valence-electron chi connectivity index (χ1n) is 14.8. The largest absolute Gasteiger partial charge is 0.492 e. The van der Waals surface area contributed by atoms with E-state index in [-0.39, 0.29) is 35.5 Å². The lowest BCUT2D eigenvalue weighted by atomic mass is 10.0. The van der Waals surface area contributed by atoms with Crippen molar-refractivity contribution < 1.29 is 22.7 Å². The molecule has 4 rings (SSSR count). The van der Waals surface area contributed by atoms with E-state index < -0.39 is 28.5 Å². The zero-order valence-electron chi connectivity index (χ0n) is 25.6. The van der Waals surface area contributed by atoms with E-state index in [2.05, 4.69) is 5.32 Å². The molecule has 236 valence electrons. The zero-order valence-corrected chi connectivity index (χ0v) is 27.2. The highest BCUT2D eigenvalue weighted by molar-refractivity contribution is 7.92. The minimum atomic E-state index is -4.24. The second-order valence-electron chi connectivity index (χ2n) is 10.7. The van der Waals surface area contributed by atoms with Crippen LogP contribution in [0.15, 0.2) is 114 Å². The van der Waals surface area contributed by atoms with Gasteiger partial charge in [-0.15, -0.1) is 0 Å². The molecule has 4 aromatic carbocycles. The van der Waals surface area contributed by atoms with Gasteiger partial charge in [0, 0.05) is 24.0 Å². The van der Waals surface area contributed by atoms with E-state index >= 15 is 0 Å². The van der Waals surface area contributed by atoms with Crippen LogP contribution in [0.4, 0.5) is 5.69 Å². The second kappa shape index (κ2) is 15.6. The lowest BCUT2D eigenvalue weighted by Gasteiger charge is -2.34. The fourth-order valence-corrected chi connectivity index (χ4v) is 6.60. The van der Waals surface area contributed by atoms with Crippen molar-refractivity contribution in [2.45, 2.75) is 50.7 Å². The highest BCUT2D eigenvalue weighted by atomic mass is 35.5. The highest BCUT2D eigenvalue weighted by Crippen LogP contribution is 2.33. The molecule has 0 fully saturated rings. The fraction of sp³-hybridized carbons (Fsp3) is 0.257. The van der Waals surface area contributed by atoms with Gasteiger partial charge in [0.15, 0.2) is 0 Å². The quantitative estimate of drug-likeness (QED) is 0.179. The molecule has 1 atom stereocenters. The maximum atomic E-state index is 14.6. The van der Waals surface area contributed by atoms with Gasteiger partial charge in [-0.1, -0.05) is 84.4 Å². The molecule has 0 bridgehead atoms. The number of carbonyl (C=O) groups is 2. The van der Waals surface area contributed by atoms with Crippen LogP contribution in [0, 0.1) is 0 Å². The lowest BCUT2D eigenvalue weighted by Crippen LogP contribution is -2.54. The summed E-state index contributed by atoms with van der Waals surface area (Å²) < 4.78 is 35.2. The van der Waals surface area contributed by atoms with E-state index in [1.54, 1.807) is 67.6 Å². The number of amides is 2. The number of sulfonamides is 1. The van der Waals surface area contributed by atoms with Crippen molar-refractivity contribution in [2.24, 2.45) is 0 Å². The molecular weight excluding hydrogens is 610 g/mol. The van der Waals surface area contributed by atoms with Crippen molar-refractivity contribution in [3.8, 4) is 5.75 Å². The third kappa shape index (κ3) is 8.86. The lowest BCUT2D eigenvalue weighted by molar-refractivity contribution is -0.140. The van der Waals surface area contributed by atoms with Gasteiger partial charge in [0.25, 0.3) is 10.0 Å². The number of hydrogen-bond acceptors (Lipinski definition) is 5. The van der Waals surface area contributed by atoms with Crippen LogP contribution in [0.1, 0.15) is 31.9 Å². The Bertz CT molecular complexity index is 1680. The first kappa shape index (κ1) is 33.6. The van der Waals surface area contributed by atoms with Crippen LogP contribution >= 0.6 is 11.6 Å². The summed E-state index contributed by atoms with van der Waals surface area (Å²) in [5.41, 5.74) is 1.75. The molecule has 0 unspecified atom stereocenters. The second-order valence-corrected chi connectivity index (χ2v) is 13.0. The Morgan fingerprint density at radius 2 is 1.47 bits per heavy atom. The molecule has 0 saturated carbocycles. The topological polar surface area (TPSA) is 96.0 Å². The molecule has 45 heavy (non-hydrogen) atoms. The Kier molecular flexibility index (Phi) is 11.6. The van der Waals surface area contributed by atoms with Gasteiger partial charge in [-0.25, -0.2) is 8.42 Å². The number of anilines is 1. The highest BCUT2D eigenvalue weighted by Gasteiger charge is 2.35. The van der Waals surface area contributed by atoms with Crippen molar-refractivity contribution in [2.75, 3.05) is 17.5 Å². The molecule has 0 aromatic heterocycles. The number of hydrogen-bond donors (Lipinski definition) is 1. The van der Waals surface area contributed by atoms with Gasteiger partial charge in [0.2, 0.25) is 11.8 Å². The van der Waals surface area contributed by atoms with Gasteiger partial charge in [-0.05, 0) is 68.3 Å². The van der Waals surface area contributed by atoms with Crippen molar-refractivity contribution in [1.29, 1.82) is 0 Å². The van der Waals surface area contributed by atoms with Gasteiger partial charge in [-0.3, -0.25) is 13.9 Å². The average Bonchev–Trinajstić information content (AvgIpc) is 3.02. The molecule has 2 amide bonds. The standard InChI is InChI=1S/C35H38ClN3O5S/c1-4-44-33-21-12-11-20-31(33)39(45(42,43)30-18-9-6-10-19-30)25-34(40)38(24-28-16-13-17-29(36)22-28)32(35(41)37-26(2)3)23-27-14-7-5-8-15-27/h5-22,26,32H,4,23-25H2,1-3H3,(H,37,41)/t32-/m0/s1. The molecular formula is C35H38ClN3O5S. The molecule has 0 spiro atoms. The summed E-state index contributed by atoms with van der Waals surface area (Å²) in [6, 6.07) is 29.9. The van der Waals surface area contributed by atoms with E-state index in [9.17, 15) is 18.0 Å². The number of benzene rings is 4. The summed E-state index contributed by atoms with van der Waals surface area (Å²) in [5, 5.41) is 3.43. The number of nitrogens with zero attached hydrogens (tertiary/aromatic N) is 2. The van der Waals surface area contributed by atoms with Crippen molar-refractivity contribution >= 4 is 39.1 Å². The Hall–Kier alpha value is -4.34. The SMILES string of the molecule is CCOc1ccccc1N(CC(=O)N(Cc1cccc(Cl)c1)[C@@H](Cc1ccccc1)C(=O)NC(C)C)S(=O)(=O)c1ccccc1. The molecule has 0 heterocycles. The molecule has 0 aliphatic rings. The molecule has 8 nitrogen and oxygen atoms in total. The van der Waals surface area contributed by atoms with E-state index in [0.29, 0.717) is 22.9 Å². The fourth-order valence-electron chi connectivity index (χ4n) is 4.94. The summed E-state index contributed by atoms with van der Waals surface area (Å²) in [6.45, 7) is 5.22. The first-order valence-corrected chi connectivity index (χ1v) is 16.6. The van der Waals surface area contributed by atoms with E-state index in [4.69, 9.17) is 16.3 Å². The maximum absolute atomic E-state index is 14.6. The number of rotatable bonds is 14. The maximum Gasteiger partial charge on any atom is 0.264 e. The van der Waals surface area contributed by atoms with Crippen LogP contribution in [0.25, 0.3) is 0 Å². The summed E-state index contributed by atoms with van der Waals surface area (Å²) in [7, 11) is -4.24. The first-order chi connectivity index (χ1) is 21.6. The van der Waals surface area contributed by atoms with Gasteiger partial charge in [0.1, 0.15) is 18.3 Å². The molecule has 4 aromatic rings. The predicted molar refractivity (Wildman–Crippen MR) is 178 cm³/mol. The van der Waals surface area contributed by atoms with E-state index in [1.807, 2.05) is 50.2 Å². The molecule has 0 radical (unpaired) electrons. The number of carbonyl (C=O) groups excluding carboxylic acids is 2. The Morgan fingerprint density at radius 3 is 2.11 bits per heavy atom. The minimum Gasteiger partial charge on any atom is -0.492 e. The number of halogens is 1. The zero-order chi connectivity index (χ0) is 32.4. The van der Waals surface area contributed by atoms with Crippen molar-refractivity contribution in [1.82, 2.24) is 10.2 Å². The summed E-state index contributed by atoms with van der Waals surface area (Å²) in [5.74, 6) is -0.607.